The summed E-state index contributed by atoms with van der Waals surface area (Å²) in [5, 5.41) is 24.3. The highest BCUT2D eigenvalue weighted by Crippen LogP contribution is 2.39. The molecule has 0 saturated carbocycles. The standard InChI is InChI=1S/C21H21N3O5/c1-22(2)11-12-23-18(15-9-6-10-16(13-15)24(28)29)17(20(26)21(23)27)19(25)14-7-4-3-5-8-14/h3-10,13,18,25H,11-12H2,1-2H3/b19-17+. The first-order valence-electron chi connectivity index (χ1n) is 9.16. The third-order valence-corrected chi connectivity index (χ3v) is 4.81. The summed E-state index contributed by atoms with van der Waals surface area (Å²) >= 11 is 0. The van der Waals surface area contributed by atoms with E-state index in [-0.39, 0.29) is 17.8 Å². The normalized spacial score (nSPS) is 18.4. The maximum absolute atomic E-state index is 13.1. The molecule has 1 amide bonds. The lowest BCUT2D eigenvalue weighted by Gasteiger charge is -2.27. The molecule has 1 aliphatic heterocycles. The van der Waals surface area contributed by atoms with Gasteiger partial charge in [-0.1, -0.05) is 48.2 Å². The van der Waals surface area contributed by atoms with E-state index in [0.29, 0.717) is 17.7 Å². The number of Topliss-reactive ketones (excluding diaryl/α,β-unsaturated/α-hetero) is 1. The van der Waals surface area contributed by atoms with Crippen LogP contribution in [0.25, 0.3) is 5.76 Å². The highest BCUT2D eigenvalue weighted by molar-refractivity contribution is 6.46. The van der Waals surface area contributed by atoms with E-state index in [9.17, 15) is 24.8 Å². The fourth-order valence-corrected chi connectivity index (χ4v) is 3.34. The summed E-state index contributed by atoms with van der Waals surface area (Å²) in [6, 6.07) is 13.0. The number of nitro benzene ring substituents is 1. The number of quaternary nitrogens is 1. The highest BCUT2D eigenvalue weighted by Gasteiger charge is 2.44. The van der Waals surface area contributed by atoms with Gasteiger partial charge in [-0.3, -0.25) is 19.7 Å². The Kier molecular flexibility index (Phi) is 5.74. The first kappa shape index (κ1) is 20.2. The van der Waals surface area contributed by atoms with Crippen LogP contribution in [0.1, 0.15) is 17.2 Å². The molecule has 8 heteroatoms. The maximum atomic E-state index is 13.1. The molecule has 1 unspecified atom stereocenters. The third kappa shape index (κ3) is 4.02. The number of likely N-dealkylation sites (tertiary alicyclic amines) is 1. The molecule has 0 radical (unpaired) electrons. The lowest BCUT2D eigenvalue weighted by molar-refractivity contribution is -0.857. The first-order valence-corrected chi connectivity index (χ1v) is 9.16. The molecule has 0 aromatic heterocycles. The van der Waals surface area contributed by atoms with Gasteiger partial charge in [0.25, 0.3) is 11.6 Å². The van der Waals surface area contributed by atoms with Crippen LogP contribution in [0.15, 0.2) is 60.2 Å². The van der Waals surface area contributed by atoms with Gasteiger partial charge in [0.2, 0.25) is 5.78 Å². The van der Waals surface area contributed by atoms with Gasteiger partial charge >= 0.3 is 0 Å². The minimum Gasteiger partial charge on any atom is -0.872 e. The molecule has 1 saturated heterocycles. The van der Waals surface area contributed by atoms with Crippen molar-refractivity contribution in [3.8, 4) is 0 Å². The zero-order valence-electron chi connectivity index (χ0n) is 16.1. The number of hydrogen-bond donors (Lipinski definition) is 1. The van der Waals surface area contributed by atoms with Crippen LogP contribution >= 0.6 is 0 Å². The molecule has 8 nitrogen and oxygen atoms in total. The Balaban J connectivity index is 2.17. The van der Waals surface area contributed by atoms with Gasteiger partial charge in [-0.05, 0) is 11.1 Å². The van der Waals surface area contributed by atoms with Crippen molar-refractivity contribution in [2.75, 3.05) is 27.2 Å². The predicted molar refractivity (Wildman–Crippen MR) is 104 cm³/mol. The Labute approximate surface area is 167 Å². The predicted octanol–water partition coefficient (Wildman–Crippen LogP) is -0.0367. The van der Waals surface area contributed by atoms with Crippen molar-refractivity contribution in [1.29, 1.82) is 0 Å². The molecule has 0 aliphatic carbocycles. The topological polar surface area (TPSA) is 108 Å². The van der Waals surface area contributed by atoms with Crippen LogP contribution in [0.4, 0.5) is 5.69 Å². The molecule has 0 spiro atoms. The Morgan fingerprint density at radius 2 is 1.79 bits per heavy atom. The van der Waals surface area contributed by atoms with Gasteiger partial charge < -0.3 is 14.9 Å². The van der Waals surface area contributed by atoms with Gasteiger partial charge in [0.05, 0.1) is 38.2 Å². The second-order valence-corrected chi connectivity index (χ2v) is 7.15. The van der Waals surface area contributed by atoms with Gasteiger partial charge in [-0.15, -0.1) is 0 Å². The zero-order valence-corrected chi connectivity index (χ0v) is 16.1. The molecule has 1 fully saturated rings. The second kappa shape index (κ2) is 8.24. The summed E-state index contributed by atoms with van der Waals surface area (Å²) in [5.41, 5.74) is 0.319. The van der Waals surface area contributed by atoms with E-state index < -0.39 is 28.4 Å². The molecule has 1 heterocycles. The van der Waals surface area contributed by atoms with Crippen molar-refractivity contribution in [1.82, 2.24) is 4.90 Å². The second-order valence-electron chi connectivity index (χ2n) is 7.15. The summed E-state index contributed by atoms with van der Waals surface area (Å²) < 4.78 is 0. The van der Waals surface area contributed by atoms with E-state index in [4.69, 9.17) is 0 Å². The number of non-ortho nitro benzene ring substituents is 1. The van der Waals surface area contributed by atoms with Gasteiger partial charge in [0, 0.05) is 17.7 Å². The Bertz CT molecular complexity index is 985. The number of nitro groups is 1. The fourth-order valence-electron chi connectivity index (χ4n) is 3.34. The molecule has 3 rings (SSSR count). The summed E-state index contributed by atoms with van der Waals surface area (Å²) in [7, 11) is 3.81. The largest absolute Gasteiger partial charge is 0.872 e. The smallest absolute Gasteiger partial charge is 0.295 e. The lowest BCUT2D eigenvalue weighted by atomic mass is 9.95. The van der Waals surface area contributed by atoms with Gasteiger partial charge in [0.1, 0.15) is 0 Å². The lowest BCUT2D eigenvalue weighted by Crippen LogP contribution is -3.06. The van der Waals surface area contributed by atoms with Crippen LogP contribution in [0.2, 0.25) is 0 Å². The van der Waals surface area contributed by atoms with Crippen LogP contribution in [0.3, 0.4) is 0 Å². The average Bonchev–Trinajstić information content (AvgIpc) is 2.97. The molecule has 2 aromatic carbocycles. The van der Waals surface area contributed by atoms with Crippen LogP contribution in [0, 0.1) is 10.1 Å². The quantitative estimate of drug-likeness (QED) is 0.243. The number of likely N-dealkylation sites (N-methyl/N-ethyl adjacent to an activating group) is 1. The molecule has 2 aromatic rings. The van der Waals surface area contributed by atoms with Gasteiger partial charge in [0.15, 0.2) is 0 Å². The molecule has 150 valence electrons. The van der Waals surface area contributed by atoms with E-state index >= 15 is 0 Å². The Morgan fingerprint density at radius 1 is 1.10 bits per heavy atom. The Hall–Kier alpha value is -3.52. The van der Waals surface area contributed by atoms with Crippen LogP contribution in [-0.4, -0.2) is 48.7 Å². The van der Waals surface area contributed by atoms with Gasteiger partial charge in [-0.25, -0.2) is 0 Å². The number of hydrogen-bond acceptors (Lipinski definition) is 5. The van der Waals surface area contributed by atoms with Gasteiger partial charge in [-0.2, -0.15) is 0 Å². The SMILES string of the molecule is C[NH+](C)CCN1C(=O)C(=O)/C(=C(/[O-])c2ccccc2)C1c1cccc([N+](=O)[O-])c1. The number of benzene rings is 2. The number of ketones is 1. The van der Waals surface area contributed by atoms with E-state index in [2.05, 4.69) is 0 Å². The molecule has 1 aliphatic rings. The minimum absolute atomic E-state index is 0.168. The van der Waals surface area contributed by atoms with E-state index in [1.54, 1.807) is 36.4 Å². The van der Waals surface area contributed by atoms with Crippen LogP contribution in [0.5, 0.6) is 0 Å². The van der Waals surface area contributed by atoms with Crippen molar-refractivity contribution >= 4 is 23.1 Å². The molecule has 29 heavy (non-hydrogen) atoms. The minimum atomic E-state index is -0.957. The summed E-state index contributed by atoms with van der Waals surface area (Å²) in [4.78, 5) is 38.6. The van der Waals surface area contributed by atoms with Crippen LogP contribution < -0.4 is 10.0 Å². The van der Waals surface area contributed by atoms with Crippen molar-refractivity contribution in [3.63, 3.8) is 0 Å². The molecular weight excluding hydrogens is 374 g/mol. The van der Waals surface area contributed by atoms with Crippen molar-refractivity contribution in [2.24, 2.45) is 0 Å². The maximum Gasteiger partial charge on any atom is 0.295 e. The van der Waals surface area contributed by atoms with E-state index in [0.717, 1.165) is 4.90 Å². The third-order valence-electron chi connectivity index (χ3n) is 4.81. The van der Waals surface area contributed by atoms with Crippen molar-refractivity contribution < 1.29 is 24.5 Å². The van der Waals surface area contributed by atoms with E-state index in [1.807, 2.05) is 14.1 Å². The first-order chi connectivity index (χ1) is 13.8. The summed E-state index contributed by atoms with van der Waals surface area (Å²) in [6.45, 7) is 0.795. The number of carbonyl (C=O) groups excluding carboxylic acids is 2. The Morgan fingerprint density at radius 3 is 2.41 bits per heavy atom. The number of rotatable bonds is 6. The van der Waals surface area contributed by atoms with E-state index in [1.165, 1.54) is 23.1 Å². The number of nitrogens with one attached hydrogen (secondary N) is 1. The average molecular weight is 395 g/mol. The number of nitrogens with zero attached hydrogens (tertiary/aromatic N) is 2. The molecule has 1 atom stereocenters. The monoisotopic (exact) mass is 395 g/mol. The molecular formula is C21H21N3O5. The number of carbonyl (C=O) groups is 2. The fraction of sp³-hybridized carbons (Fsp3) is 0.238. The summed E-state index contributed by atoms with van der Waals surface area (Å²) in [5.74, 6) is -2.16. The molecule has 1 N–H and O–H groups in total. The molecule has 0 bridgehead atoms. The zero-order chi connectivity index (χ0) is 21.1. The highest BCUT2D eigenvalue weighted by atomic mass is 16.6. The summed E-state index contributed by atoms with van der Waals surface area (Å²) in [6.07, 6.45) is 0. The number of amides is 1. The van der Waals surface area contributed by atoms with Crippen molar-refractivity contribution in [3.05, 3.63) is 81.4 Å². The van der Waals surface area contributed by atoms with Crippen molar-refractivity contribution in [2.45, 2.75) is 6.04 Å². The van der Waals surface area contributed by atoms with Crippen LogP contribution in [-0.2, 0) is 9.59 Å².